The number of likely N-dealkylation sites (tertiary alicyclic amines) is 3. The molecule has 0 radical (unpaired) electrons. The summed E-state index contributed by atoms with van der Waals surface area (Å²) in [6.07, 6.45) is 12.9. The number of halogens is 8. The Bertz CT molecular complexity index is 5580. The number of carbonyl (C=O) groups excluding carboxylic acids is 7. The molecule has 4 aromatic carbocycles. The number of alkyl halides is 3. The van der Waals surface area contributed by atoms with E-state index in [4.69, 9.17) is 70.5 Å². The number of piperidine rings is 8. The molecule has 8 aliphatic heterocycles. The van der Waals surface area contributed by atoms with Crippen LogP contribution >= 0.6 is 93.5 Å². The van der Waals surface area contributed by atoms with E-state index < -0.39 is 40.8 Å². The first kappa shape index (κ1) is 118. The number of benzene rings is 4. The lowest BCUT2D eigenvalue weighted by Crippen LogP contribution is -2.57. The predicted octanol–water partition coefficient (Wildman–Crippen LogP) is 21.8. The molecule has 147 heavy (non-hydrogen) atoms. The number of aliphatic carboxylic acids is 1. The number of aromatic nitrogens is 4. The summed E-state index contributed by atoms with van der Waals surface area (Å²) >= 11 is 32.5. The van der Waals surface area contributed by atoms with E-state index in [0.717, 1.165) is 197 Å². The second kappa shape index (κ2) is 59.0. The number of Topliss-reactive ketones (excluding diaryl/α,β-unsaturated/α-hetero) is 4. The highest BCUT2D eigenvalue weighted by Crippen LogP contribution is 2.45. The van der Waals surface area contributed by atoms with Crippen molar-refractivity contribution in [1.82, 2.24) is 45.3 Å². The third-order valence-electron chi connectivity index (χ3n) is 27.0. The maximum Gasteiger partial charge on any atom is 0.430 e. The number of carboxylic acid groups (broad SMARTS) is 1. The Morgan fingerprint density at radius 1 is 0.381 bits per heavy atom. The van der Waals surface area contributed by atoms with Gasteiger partial charge in [-0.05, 0) is 225 Å². The van der Waals surface area contributed by atoms with Crippen LogP contribution in [0.15, 0.2) is 158 Å². The van der Waals surface area contributed by atoms with Crippen molar-refractivity contribution in [3.63, 3.8) is 0 Å². The summed E-state index contributed by atoms with van der Waals surface area (Å²) in [6.45, 7) is 22.7. The molecule has 0 aliphatic carbocycles. The summed E-state index contributed by atoms with van der Waals surface area (Å²) in [5.74, 6) is -0.294. The van der Waals surface area contributed by atoms with E-state index >= 15 is 0 Å². The van der Waals surface area contributed by atoms with Crippen molar-refractivity contribution in [3.05, 3.63) is 229 Å². The molecule has 8 saturated heterocycles. The van der Waals surface area contributed by atoms with Crippen LogP contribution in [0.25, 0.3) is 0 Å². The number of anilines is 3. The van der Waals surface area contributed by atoms with E-state index in [1.54, 1.807) is 38.1 Å². The third kappa shape index (κ3) is 35.2. The van der Waals surface area contributed by atoms with Gasteiger partial charge in [0.2, 0.25) is 5.95 Å². The lowest BCUT2D eigenvalue weighted by molar-refractivity contribution is -0.262. The molecule has 8 aromatic rings. The number of pyridine rings is 4. The average Bonchev–Trinajstić information content (AvgIpc) is 0.749. The Morgan fingerprint density at radius 2 is 0.667 bits per heavy atom. The first-order chi connectivity index (χ1) is 70.6. The van der Waals surface area contributed by atoms with Gasteiger partial charge in [-0.3, -0.25) is 24.0 Å². The van der Waals surface area contributed by atoms with Crippen LogP contribution in [-0.4, -0.2) is 264 Å². The zero-order valence-electron chi connectivity index (χ0n) is 84.4. The van der Waals surface area contributed by atoms with Gasteiger partial charge >= 0.3 is 24.3 Å². The standard InChI is InChI=1S/C28H33ClF3N3O4S.C26H32ClN3O3S.C18H26ClN3OS.C18H26N2O2S.C10H12O4.C8H7ClFNO/c1-3-23(36)22-7-8-24(33-25(22)29)34-13-9-20(10-14-34)40-21-11-15-35(16-12-21)26(37)27(38,28(30,31)32)18-5-4-6-19(17-18)39-2;1-2-23(31)22-8-9-24(28-25(22)27)29-14-10-20(11-15-29)34-21-12-16-30(17-13-21)26(32)33-18-19-6-4-3-5-7-19;1-2-16(23)15-3-4-17(21-18(15)19)22-11-7-14(8-12-22)24-13-5-9-20-10-6-13;21-18(22-14-15-4-2-1-3-5-15)20-12-8-17(9-13-20)23-16-6-10-19-11-7-16;1-10(13,9(11)12)7-4-3-5-8(6-7)14-2;1-2-6(12)5-3-4-7(10)11-8(5)9/h4-8,17,20-21,38H,3,9-16H2,1-2H3;3-9,20-21H,2,10-18H2,1H3;3-4,13-14,20H,2,5-12H2,1H3;1-5,16-17,19H,6-14H2;3-6,13H,1-2H3,(H,11,12);3-4H,2H2,1H3/t27-;;;;10-;/m1...1./s1. The SMILES string of the molecule is CCC(=O)c1ccc(F)nc1Cl.CCC(=O)c1ccc(N2CCC(SC3CCN(C(=O)OCc4ccccc4)CC3)CC2)nc1Cl.CCC(=O)c1ccc(N2CCC(SC3CCN(C(=O)[C@](O)(c4cccc(OC)c4)C(F)(F)F)CC3)CC2)nc1Cl.CCC(=O)c1ccc(N2CCC(SC3CCNCC3)CC2)nc1Cl.COc1cccc([C@@](C)(O)C(=O)O)c1.O=C(OCc1ccccc1)N1CCC(SC2CCNCC2)CC1. The number of nitrogens with one attached hydrogen (secondary N) is 2. The van der Waals surface area contributed by atoms with Gasteiger partial charge in [-0.1, -0.05) is 159 Å². The van der Waals surface area contributed by atoms with Gasteiger partial charge in [0.05, 0.1) is 36.5 Å². The normalized spacial score (nSPS) is 17.9. The summed E-state index contributed by atoms with van der Waals surface area (Å²) < 4.78 is 75.5. The van der Waals surface area contributed by atoms with Gasteiger partial charge < -0.3 is 74.3 Å². The molecule has 0 saturated carbocycles. The number of nitrogens with zero attached hydrogens (tertiary/aromatic N) is 10. The van der Waals surface area contributed by atoms with Gasteiger partial charge in [0.25, 0.3) is 11.5 Å². The van der Waals surface area contributed by atoms with E-state index in [-0.39, 0.29) is 75.3 Å². The number of rotatable bonds is 29. The van der Waals surface area contributed by atoms with E-state index in [1.165, 1.54) is 103 Å². The van der Waals surface area contributed by atoms with Gasteiger partial charge in [0.15, 0.2) is 28.7 Å². The number of ether oxygens (including phenoxy) is 4. The summed E-state index contributed by atoms with van der Waals surface area (Å²) in [5, 5.41) is 41.7. The molecule has 0 spiro atoms. The first-order valence-corrected chi connectivity index (χ1v) is 55.9. The molecule has 27 nitrogen and oxygen atoms in total. The zero-order chi connectivity index (χ0) is 106. The van der Waals surface area contributed by atoms with Gasteiger partial charge in [-0.2, -0.15) is 64.6 Å². The number of methoxy groups -OCH3 is 2. The van der Waals surface area contributed by atoms with Gasteiger partial charge in [-0.15, -0.1) is 0 Å². The van der Waals surface area contributed by atoms with Crippen molar-refractivity contribution in [3.8, 4) is 11.5 Å². The van der Waals surface area contributed by atoms with Crippen LogP contribution in [0, 0.1) is 5.95 Å². The number of carbonyl (C=O) groups is 8. The Labute approximate surface area is 896 Å². The molecule has 16 rings (SSSR count). The van der Waals surface area contributed by atoms with Crippen molar-refractivity contribution in [2.45, 2.75) is 236 Å². The van der Waals surface area contributed by atoms with Crippen LogP contribution in [0.4, 0.5) is 44.6 Å². The average molecular weight is 2190 g/mol. The van der Waals surface area contributed by atoms with Crippen LogP contribution in [0.1, 0.15) is 227 Å². The lowest BCUT2D eigenvalue weighted by atomic mass is 9.90. The zero-order valence-corrected chi connectivity index (χ0v) is 90.7. The van der Waals surface area contributed by atoms with Crippen LogP contribution in [0.2, 0.25) is 20.6 Å². The molecule has 3 amide bonds. The second-order valence-corrected chi connectivity index (χ2v) is 45.0. The molecule has 4 aromatic heterocycles. The summed E-state index contributed by atoms with van der Waals surface area (Å²) in [6, 6.07) is 44.4. The lowest BCUT2D eigenvalue weighted by Gasteiger charge is -2.40. The van der Waals surface area contributed by atoms with Crippen molar-refractivity contribution >= 4 is 158 Å². The van der Waals surface area contributed by atoms with Crippen molar-refractivity contribution in [2.24, 2.45) is 0 Å². The van der Waals surface area contributed by atoms with Crippen molar-refractivity contribution in [2.75, 3.05) is 134 Å². The summed E-state index contributed by atoms with van der Waals surface area (Å²) in [4.78, 5) is 123. The van der Waals surface area contributed by atoms with Gasteiger partial charge in [-0.25, -0.2) is 34.3 Å². The summed E-state index contributed by atoms with van der Waals surface area (Å²) in [5.41, 5.74) is -1.98. The van der Waals surface area contributed by atoms with Crippen LogP contribution < -0.4 is 34.8 Å². The van der Waals surface area contributed by atoms with Crippen LogP contribution in [0.5, 0.6) is 11.5 Å². The molecule has 39 heteroatoms. The fourth-order valence-electron chi connectivity index (χ4n) is 18.1. The highest BCUT2D eigenvalue weighted by atomic mass is 35.5. The Hall–Kier alpha value is -9.24. The Morgan fingerprint density at radius 3 is 0.959 bits per heavy atom. The van der Waals surface area contributed by atoms with Crippen molar-refractivity contribution in [1.29, 1.82) is 0 Å². The topological polar surface area (TPSA) is 329 Å². The number of carboxylic acids is 1. The molecule has 5 N–H and O–H groups in total. The van der Waals surface area contributed by atoms with Gasteiger partial charge in [0.1, 0.15) is 62.8 Å². The maximum atomic E-state index is 14.1. The first-order valence-electron chi connectivity index (χ1n) is 50.6. The summed E-state index contributed by atoms with van der Waals surface area (Å²) in [7, 11) is 2.79. The maximum absolute atomic E-state index is 14.1. The minimum Gasteiger partial charge on any atom is -0.497 e. The fourth-order valence-corrected chi connectivity index (χ4v) is 25.2. The Balaban J connectivity index is 0.000000175. The molecular formula is C108H136Cl4F4N12O15S4. The van der Waals surface area contributed by atoms with Crippen LogP contribution in [-0.2, 0) is 43.5 Å². The number of aliphatic hydroxyl groups is 2. The molecular weight excluding hydrogens is 2050 g/mol. The molecule has 0 unspecified atom stereocenters. The molecule has 12 heterocycles. The largest absolute Gasteiger partial charge is 0.497 e. The van der Waals surface area contributed by atoms with E-state index in [0.29, 0.717) is 111 Å². The number of thioether (sulfide) groups is 4. The smallest absolute Gasteiger partial charge is 0.430 e. The van der Waals surface area contributed by atoms with Crippen LogP contribution in [0.3, 0.4) is 0 Å². The quantitative estimate of drug-likeness (QED) is 0.0165. The molecule has 0 bridgehead atoms. The second-order valence-electron chi connectivity index (χ2n) is 37.1. The minimum atomic E-state index is -5.19. The fraction of sp³-hybridized carbons (Fsp3) is 0.519. The molecule has 8 fully saturated rings. The number of hydrogen-bond donors (Lipinski definition) is 5. The molecule has 798 valence electrons. The minimum absolute atomic E-state index is 0.0228. The number of ketones is 4. The molecule has 2 atom stereocenters. The van der Waals surface area contributed by atoms with Crippen molar-refractivity contribution < 1.29 is 90.2 Å². The third-order valence-corrected chi connectivity index (χ3v) is 35.0. The number of hydrogen-bond acceptors (Lipinski definition) is 27. The highest BCUT2D eigenvalue weighted by molar-refractivity contribution is 8.01. The molecule has 8 aliphatic rings. The monoisotopic (exact) mass is 2180 g/mol. The van der Waals surface area contributed by atoms with Gasteiger partial charge in [0, 0.05) is 152 Å². The predicted molar refractivity (Wildman–Crippen MR) is 578 cm³/mol. The highest BCUT2D eigenvalue weighted by Gasteiger charge is 2.62. The Kier molecular flexibility index (Phi) is 47.3. The van der Waals surface area contributed by atoms with E-state index in [1.807, 2.05) is 120 Å². The van der Waals surface area contributed by atoms with E-state index in [9.17, 15) is 66.1 Å². The number of amides is 3. The van der Waals surface area contributed by atoms with E-state index in [2.05, 4.69) is 80.6 Å².